The summed E-state index contributed by atoms with van der Waals surface area (Å²) >= 11 is 0. The average Bonchev–Trinajstić information content (AvgIpc) is 2.93. The van der Waals surface area contributed by atoms with Gasteiger partial charge in [0.2, 0.25) is 0 Å². The van der Waals surface area contributed by atoms with Gasteiger partial charge in [0.05, 0.1) is 0 Å². The molecule has 204 valence electrons. The third kappa shape index (κ3) is 7.93. The lowest BCUT2D eigenvalue weighted by Crippen LogP contribution is -2.35. The van der Waals surface area contributed by atoms with Gasteiger partial charge in [-0.15, -0.1) is 0 Å². The summed E-state index contributed by atoms with van der Waals surface area (Å²) in [6, 6.07) is 8.56. The first kappa shape index (κ1) is 28.4. The second kappa shape index (κ2) is 14.5. The monoisotopic (exact) mass is 514 g/mol. The smallest absolute Gasteiger partial charge is 0.0271 e. The van der Waals surface area contributed by atoms with Crippen molar-refractivity contribution in [2.75, 3.05) is 39.3 Å². The van der Waals surface area contributed by atoms with Crippen molar-refractivity contribution in [2.45, 2.75) is 66.7 Å². The number of nitrogens with zero attached hydrogens (tertiary/aromatic N) is 4. The maximum absolute atomic E-state index is 4.22. The minimum absolute atomic E-state index is 0.937. The molecule has 0 saturated heterocycles. The van der Waals surface area contributed by atoms with E-state index in [-0.39, 0.29) is 0 Å². The van der Waals surface area contributed by atoms with E-state index in [0.717, 1.165) is 78.3 Å². The van der Waals surface area contributed by atoms with Crippen LogP contribution in [0, 0.1) is 27.7 Å². The summed E-state index contributed by atoms with van der Waals surface area (Å²) in [7, 11) is 0. The van der Waals surface area contributed by atoms with Gasteiger partial charge in [-0.3, -0.25) is 19.8 Å². The standard InChI is InChI=1S/C32H46N6/c1-25-27(3)32-24-38(23-30-9-15-35-16-10-30)19-5-11-33-17-20-37(22-29-7-13-34-14-8-29)18-6-12-36-21-31(25)26(2)28(32)4/h7-10,13-16,33,36H,5-6,11-12,17-24H2,1-4H3. The molecule has 6 nitrogen and oxygen atoms in total. The molecule has 0 radical (unpaired) electrons. The molecule has 5 rings (SSSR count). The lowest BCUT2D eigenvalue weighted by Gasteiger charge is -2.28. The number of fused-ring (bicyclic) bond motifs is 15. The predicted molar refractivity (Wildman–Crippen MR) is 157 cm³/mol. The molecular weight excluding hydrogens is 468 g/mol. The zero-order valence-electron chi connectivity index (χ0n) is 23.9. The summed E-state index contributed by atoms with van der Waals surface area (Å²) in [5.74, 6) is 0. The van der Waals surface area contributed by atoms with Gasteiger partial charge in [-0.1, -0.05) is 0 Å². The van der Waals surface area contributed by atoms with Crippen molar-refractivity contribution in [1.29, 1.82) is 0 Å². The van der Waals surface area contributed by atoms with E-state index in [1.807, 2.05) is 24.8 Å². The molecule has 2 aromatic heterocycles. The zero-order valence-corrected chi connectivity index (χ0v) is 23.9. The van der Waals surface area contributed by atoms with E-state index in [0.29, 0.717) is 0 Å². The SMILES string of the molecule is Cc1c(C)c2c(C)c(C)c1CNCCCN(Cc1ccncc1)CCNCCCN(Cc1ccncc1)C2. The highest BCUT2D eigenvalue weighted by Gasteiger charge is 2.18. The molecule has 1 aromatic carbocycles. The van der Waals surface area contributed by atoms with E-state index in [2.05, 4.69) is 82.4 Å². The first-order valence-corrected chi connectivity index (χ1v) is 14.2. The van der Waals surface area contributed by atoms with Gasteiger partial charge in [-0.05, 0) is 129 Å². The Hall–Kier alpha value is -2.64. The molecule has 3 aromatic rings. The minimum atomic E-state index is 0.937. The van der Waals surface area contributed by atoms with Gasteiger partial charge in [-0.2, -0.15) is 0 Å². The van der Waals surface area contributed by atoms with Crippen molar-refractivity contribution in [1.82, 2.24) is 30.4 Å². The van der Waals surface area contributed by atoms with Crippen molar-refractivity contribution in [3.8, 4) is 0 Å². The second-order valence-electron chi connectivity index (χ2n) is 10.8. The quantitative estimate of drug-likeness (QED) is 0.527. The Bertz CT molecular complexity index is 1100. The third-order valence-electron chi connectivity index (χ3n) is 8.19. The fourth-order valence-electron chi connectivity index (χ4n) is 5.60. The minimum Gasteiger partial charge on any atom is -0.315 e. The molecule has 2 aliphatic rings. The number of nitrogens with one attached hydrogen (secondary N) is 2. The molecule has 38 heavy (non-hydrogen) atoms. The van der Waals surface area contributed by atoms with Crippen LogP contribution in [0.5, 0.6) is 0 Å². The Morgan fingerprint density at radius 2 is 1.11 bits per heavy atom. The summed E-state index contributed by atoms with van der Waals surface area (Å²) in [4.78, 5) is 13.6. The molecule has 0 fully saturated rings. The molecule has 0 spiro atoms. The highest BCUT2D eigenvalue weighted by atomic mass is 15.1. The third-order valence-corrected chi connectivity index (χ3v) is 8.19. The lowest BCUT2D eigenvalue weighted by molar-refractivity contribution is 0.244. The van der Waals surface area contributed by atoms with Gasteiger partial charge >= 0.3 is 0 Å². The zero-order chi connectivity index (χ0) is 26.7. The molecule has 0 atom stereocenters. The molecule has 0 saturated carbocycles. The van der Waals surface area contributed by atoms with Gasteiger partial charge in [0, 0.05) is 70.6 Å². The van der Waals surface area contributed by atoms with Crippen LogP contribution in [0.1, 0.15) is 57.3 Å². The topological polar surface area (TPSA) is 56.3 Å². The maximum Gasteiger partial charge on any atom is 0.0271 e. The van der Waals surface area contributed by atoms with Crippen LogP contribution in [0.2, 0.25) is 0 Å². The Balaban J connectivity index is 1.52. The Morgan fingerprint density at radius 1 is 0.605 bits per heavy atom. The molecular formula is C32H46N6. The van der Waals surface area contributed by atoms with Crippen molar-refractivity contribution in [3.63, 3.8) is 0 Å². The van der Waals surface area contributed by atoms with E-state index < -0.39 is 0 Å². The average molecular weight is 515 g/mol. The van der Waals surface area contributed by atoms with Crippen LogP contribution in [0.4, 0.5) is 0 Å². The van der Waals surface area contributed by atoms with Crippen molar-refractivity contribution < 1.29 is 0 Å². The highest BCUT2D eigenvalue weighted by Crippen LogP contribution is 2.28. The summed E-state index contributed by atoms with van der Waals surface area (Å²) in [6.07, 6.45) is 9.88. The van der Waals surface area contributed by atoms with Crippen LogP contribution in [-0.4, -0.2) is 59.0 Å². The fraction of sp³-hybridized carbons (Fsp3) is 0.500. The summed E-state index contributed by atoms with van der Waals surface area (Å²) in [5.41, 5.74) is 11.4. The van der Waals surface area contributed by atoms with Crippen LogP contribution in [0.15, 0.2) is 49.1 Å². The second-order valence-corrected chi connectivity index (χ2v) is 10.8. The number of benzene rings is 1. The van der Waals surface area contributed by atoms with E-state index in [1.54, 1.807) is 0 Å². The summed E-state index contributed by atoms with van der Waals surface area (Å²) < 4.78 is 0. The summed E-state index contributed by atoms with van der Waals surface area (Å²) in [5, 5.41) is 7.48. The van der Waals surface area contributed by atoms with E-state index in [1.165, 1.54) is 44.5 Å². The molecule has 0 amide bonds. The Labute approximate surface area is 229 Å². The Kier molecular flexibility index (Phi) is 10.8. The predicted octanol–water partition coefficient (Wildman–Crippen LogP) is 4.69. The molecule has 2 bridgehead atoms. The molecule has 0 aliphatic carbocycles. The number of pyridine rings is 2. The number of rotatable bonds is 4. The Morgan fingerprint density at radius 3 is 1.71 bits per heavy atom. The van der Waals surface area contributed by atoms with Crippen LogP contribution in [0.25, 0.3) is 0 Å². The normalized spacial score (nSPS) is 17.3. The lowest BCUT2D eigenvalue weighted by atomic mass is 9.88. The van der Waals surface area contributed by atoms with E-state index in [4.69, 9.17) is 0 Å². The van der Waals surface area contributed by atoms with Crippen molar-refractivity contribution >= 4 is 0 Å². The molecule has 4 heterocycles. The molecule has 2 N–H and O–H groups in total. The highest BCUT2D eigenvalue weighted by molar-refractivity contribution is 5.50. The number of aromatic nitrogens is 2. The maximum atomic E-state index is 4.22. The molecule has 6 heteroatoms. The van der Waals surface area contributed by atoms with Gasteiger partial charge in [0.15, 0.2) is 0 Å². The number of hydrogen-bond donors (Lipinski definition) is 2. The molecule has 0 unspecified atom stereocenters. The first-order valence-electron chi connectivity index (χ1n) is 14.2. The first-order chi connectivity index (χ1) is 18.5. The fourth-order valence-corrected chi connectivity index (χ4v) is 5.60. The van der Waals surface area contributed by atoms with Crippen LogP contribution in [0.3, 0.4) is 0 Å². The summed E-state index contributed by atoms with van der Waals surface area (Å²) in [6.45, 7) is 19.4. The van der Waals surface area contributed by atoms with Gasteiger partial charge in [0.25, 0.3) is 0 Å². The van der Waals surface area contributed by atoms with Gasteiger partial charge in [-0.25, -0.2) is 0 Å². The van der Waals surface area contributed by atoms with Crippen LogP contribution < -0.4 is 10.6 Å². The van der Waals surface area contributed by atoms with E-state index >= 15 is 0 Å². The van der Waals surface area contributed by atoms with Crippen LogP contribution in [-0.2, 0) is 26.2 Å². The largest absolute Gasteiger partial charge is 0.315 e. The van der Waals surface area contributed by atoms with Gasteiger partial charge < -0.3 is 10.6 Å². The van der Waals surface area contributed by atoms with Gasteiger partial charge in [0.1, 0.15) is 0 Å². The molecule has 2 aliphatic heterocycles. The number of hydrogen-bond acceptors (Lipinski definition) is 6. The van der Waals surface area contributed by atoms with E-state index in [9.17, 15) is 0 Å². The van der Waals surface area contributed by atoms with Crippen LogP contribution >= 0.6 is 0 Å². The van der Waals surface area contributed by atoms with Crippen molar-refractivity contribution in [2.24, 2.45) is 0 Å². The van der Waals surface area contributed by atoms with Crippen molar-refractivity contribution in [3.05, 3.63) is 93.6 Å².